The van der Waals surface area contributed by atoms with Gasteiger partial charge in [0.05, 0.1) is 31.4 Å². The molecule has 0 bridgehead atoms. The molecule has 7 heteroatoms. The summed E-state index contributed by atoms with van der Waals surface area (Å²) >= 11 is 0. The summed E-state index contributed by atoms with van der Waals surface area (Å²) in [5.41, 5.74) is -0.603. The van der Waals surface area contributed by atoms with Crippen molar-refractivity contribution in [2.24, 2.45) is 0 Å². The van der Waals surface area contributed by atoms with E-state index in [0.29, 0.717) is 6.54 Å². The number of aliphatic hydroxyl groups excluding tert-OH is 1. The van der Waals surface area contributed by atoms with Crippen molar-refractivity contribution in [3.8, 4) is 12.3 Å². The molecule has 0 aromatic heterocycles. The topological polar surface area (TPSA) is 99.1 Å². The first-order valence-corrected chi connectivity index (χ1v) is 6.29. The van der Waals surface area contributed by atoms with Crippen LogP contribution in [0, 0.1) is 12.3 Å². The van der Waals surface area contributed by atoms with Gasteiger partial charge in [0, 0.05) is 6.42 Å². The lowest BCUT2D eigenvalue weighted by Gasteiger charge is -2.42. The summed E-state index contributed by atoms with van der Waals surface area (Å²) in [6.07, 6.45) is 4.51. The van der Waals surface area contributed by atoms with Gasteiger partial charge in [-0.25, -0.2) is 9.59 Å². The van der Waals surface area contributed by atoms with E-state index >= 15 is 0 Å². The fraction of sp³-hybridized carbons (Fsp3) is 0.692. The van der Waals surface area contributed by atoms with Crippen LogP contribution in [-0.4, -0.2) is 64.6 Å². The van der Waals surface area contributed by atoms with E-state index in [1.165, 1.54) is 4.90 Å². The number of nitrogens with zero attached hydrogens (tertiary/aromatic N) is 1. The maximum Gasteiger partial charge on any atom is 0.327 e. The fourth-order valence-corrected chi connectivity index (χ4v) is 2.10. The molecule has 0 aliphatic carbocycles. The number of ether oxygens (including phenoxy) is 1. The highest BCUT2D eigenvalue weighted by atomic mass is 16.5. The lowest BCUT2D eigenvalue weighted by molar-refractivity contribution is -0.141. The van der Waals surface area contributed by atoms with Gasteiger partial charge in [-0.1, -0.05) is 0 Å². The number of morpholine rings is 1. The zero-order valence-electron chi connectivity index (χ0n) is 11.6. The normalized spacial score (nSPS) is 22.7. The van der Waals surface area contributed by atoms with Crippen LogP contribution < -0.4 is 5.32 Å². The van der Waals surface area contributed by atoms with Crippen LogP contribution >= 0.6 is 0 Å². The van der Waals surface area contributed by atoms with Crippen molar-refractivity contribution in [1.29, 1.82) is 0 Å². The first-order valence-electron chi connectivity index (χ1n) is 6.29. The number of nitrogens with one attached hydrogen (secondary N) is 1. The van der Waals surface area contributed by atoms with E-state index in [4.69, 9.17) is 16.3 Å². The number of hydrogen-bond acceptors (Lipinski definition) is 4. The van der Waals surface area contributed by atoms with E-state index in [2.05, 4.69) is 11.2 Å². The molecule has 1 rings (SSSR count). The Morgan fingerprint density at radius 3 is 2.75 bits per heavy atom. The third-order valence-corrected chi connectivity index (χ3v) is 2.89. The van der Waals surface area contributed by atoms with Crippen molar-refractivity contribution in [3.05, 3.63) is 0 Å². The summed E-state index contributed by atoms with van der Waals surface area (Å²) in [5, 5.41) is 20.5. The third kappa shape index (κ3) is 4.40. The number of terminal acetylenes is 1. The van der Waals surface area contributed by atoms with Crippen molar-refractivity contribution < 1.29 is 24.5 Å². The van der Waals surface area contributed by atoms with Crippen LogP contribution in [0.5, 0.6) is 0 Å². The van der Waals surface area contributed by atoms with E-state index in [0.717, 1.165) is 0 Å². The lowest BCUT2D eigenvalue weighted by atomic mass is 10.1. The number of hydrogen-bond donors (Lipinski definition) is 3. The van der Waals surface area contributed by atoms with E-state index < -0.39 is 29.7 Å². The third-order valence-electron chi connectivity index (χ3n) is 2.89. The SMILES string of the molecule is C#CCC(NC(=O)N1CC(CO)OC(C)(C)C1)C(=O)O. The van der Waals surface area contributed by atoms with Crippen LogP contribution in [0.3, 0.4) is 0 Å². The average Bonchev–Trinajstić information content (AvgIpc) is 2.35. The number of carbonyl (C=O) groups is 2. The quantitative estimate of drug-likeness (QED) is 0.613. The molecule has 0 aromatic carbocycles. The van der Waals surface area contributed by atoms with Crippen LogP contribution in [0.25, 0.3) is 0 Å². The lowest BCUT2D eigenvalue weighted by Crippen LogP contribution is -2.59. The summed E-state index contributed by atoms with van der Waals surface area (Å²) in [5.74, 6) is 1.04. The molecule has 0 spiro atoms. The van der Waals surface area contributed by atoms with Crippen LogP contribution in [0.2, 0.25) is 0 Å². The molecule has 1 heterocycles. The molecule has 0 saturated carbocycles. The van der Waals surface area contributed by atoms with Crippen molar-refractivity contribution >= 4 is 12.0 Å². The first-order chi connectivity index (χ1) is 9.29. The summed E-state index contributed by atoms with van der Waals surface area (Å²) in [7, 11) is 0. The number of aliphatic carboxylic acids is 1. The molecule has 112 valence electrons. The molecule has 0 radical (unpaired) electrons. The van der Waals surface area contributed by atoms with Gasteiger partial charge < -0.3 is 25.2 Å². The second-order valence-electron chi connectivity index (χ2n) is 5.31. The Hall–Kier alpha value is -1.78. The fourth-order valence-electron chi connectivity index (χ4n) is 2.10. The number of urea groups is 1. The molecule has 2 atom stereocenters. The molecule has 1 aliphatic heterocycles. The van der Waals surface area contributed by atoms with Crippen molar-refractivity contribution in [1.82, 2.24) is 10.2 Å². The Labute approximate surface area is 117 Å². The van der Waals surface area contributed by atoms with Gasteiger partial charge >= 0.3 is 12.0 Å². The summed E-state index contributed by atoms with van der Waals surface area (Å²) < 4.78 is 5.58. The Morgan fingerprint density at radius 2 is 2.25 bits per heavy atom. The summed E-state index contributed by atoms with van der Waals surface area (Å²) in [4.78, 5) is 24.5. The number of rotatable bonds is 4. The first kappa shape index (κ1) is 16.3. The predicted molar refractivity (Wildman–Crippen MR) is 71.0 cm³/mol. The maximum absolute atomic E-state index is 12.1. The second-order valence-corrected chi connectivity index (χ2v) is 5.31. The average molecular weight is 284 g/mol. The maximum atomic E-state index is 12.1. The number of carboxylic acids is 1. The number of aliphatic hydroxyl groups is 1. The van der Waals surface area contributed by atoms with Crippen LogP contribution in [0.1, 0.15) is 20.3 Å². The number of amides is 2. The Kier molecular flexibility index (Phi) is 5.36. The summed E-state index contributed by atoms with van der Waals surface area (Å²) in [6.45, 7) is 3.89. The molecule has 7 nitrogen and oxygen atoms in total. The minimum Gasteiger partial charge on any atom is -0.480 e. The number of carboxylic acid groups (broad SMARTS) is 1. The van der Waals surface area contributed by atoms with Crippen LogP contribution in [0.15, 0.2) is 0 Å². The molecule has 2 amide bonds. The van der Waals surface area contributed by atoms with Gasteiger partial charge in [0.2, 0.25) is 0 Å². The van der Waals surface area contributed by atoms with Gasteiger partial charge in [0.25, 0.3) is 0 Å². The predicted octanol–water partition coefficient (Wildman–Crippen LogP) is -0.356. The molecule has 2 unspecified atom stereocenters. The Bertz CT molecular complexity index is 415. The van der Waals surface area contributed by atoms with Crippen molar-refractivity contribution in [3.63, 3.8) is 0 Å². The van der Waals surface area contributed by atoms with Gasteiger partial charge in [-0.3, -0.25) is 0 Å². The van der Waals surface area contributed by atoms with Crippen molar-refractivity contribution in [2.45, 2.75) is 38.0 Å². The molecule has 0 aromatic rings. The second kappa shape index (κ2) is 6.59. The number of carbonyl (C=O) groups excluding carboxylic acids is 1. The molecule has 1 saturated heterocycles. The van der Waals surface area contributed by atoms with E-state index in [1.54, 1.807) is 13.8 Å². The standard InChI is InChI=1S/C13H20N2O5/c1-4-5-10(11(17)18)14-12(19)15-6-9(7-16)20-13(2,3)8-15/h1,9-10,16H,5-8H2,2-3H3,(H,14,19)(H,17,18). The largest absolute Gasteiger partial charge is 0.480 e. The van der Waals surface area contributed by atoms with E-state index in [-0.39, 0.29) is 19.6 Å². The molecular formula is C13H20N2O5. The molecule has 3 N–H and O–H groups in total. The van der Waals surface area contributed by atoms with Crippen LogP contribution in [-0.2, 0) is 9.53 Å². The van der Waals surface area contributed by atoms with E-state index in [9.17, 15) is 14.7 Å². The Morgan fingerprint density at radius 1 is 1.60 bits per heavy atom. The van der Waals surface area contributed by atoms with Crippen molar-refractivity contribution in [2.75, 3.05) is 19.7 Å². The molecule has 1 fully saturated rings. The molecule has 20 heavy (non-hydrogen) atoms. The highest BCUT2D eigenvalue weighted by molar-refractivity contribution is 5.82. The van der Waals surface area contributed by atoms with Gasteiger partial charge in [0.1, 0.15) is 6.04 Å². The van der Waals surface area contributed by atoms with E-state index in [1.807, 2.05) is 0 Å². The Balaban J connectivity index is 2.70. The van der Waals surface area contributed by atoms with Gasteiger partial charge in [-0.15, -0.1) is 12.3 Å². The minimum atomic E-state index is -1.18. The highest BCUT2D eigenvalue weighted by Crippen LogP contribution is 2.20. The van der Waals surface area contributed by atoms with Crippen LogP contribution in [0.4, 0.5) is 4.79 Å². The van der Waals surface area contributed by atoms with Gasteiger partial charge in [-0.2, -0.15) is 0 Å². The molecular weight excluding hydrogens is 264 g/mol. The summed E-state index contributed by atoms with van der Waals surface area (Å²) in [6, 6.07) is -1.64. The monoisotopic (exact) mass is 284 g/mol. The smallest absolute Gasteiger partial charge is 0.327 e. The molecule has 1 aliphatic rings. The zero-order chi connectivity index (χ0) is 15.3. The zero-order valence-corrected chi connectivity index (χ0v) is 11.6. The van der Waals surface area contributed by atoms with Gasteiger partial charge in [0.15, 0.2) is 0 Å². The highest BCUT2D eigenvalue weighted by Gasteiger charge is 2.36. The minimum absolute atomic E-state index is 0.0851. The van der Waals surface area contributed by atoms with Gasteiger partial charge in [-0.05, 0) is 13.8 Å².